The van der Waals surface area contributed by atoms with Crippen LogP contribution in [0.15, 0.2) is 0 Å². The van der Waals surface area contributed by atoms with Crippen molar-refractivity contribution in [1.29, 1.82) is 0 Å². The largest absolute Gasteiger partial charge is 1.00 e. The number of nitrogens with zero attached hydrogens (tertiary/aromatic N) is 1. The van der Waals surface area contributed by atoms with Crippen molar-refractivity contribution in [2.45, 2.75) is 0 Å². The molecule has 0 radical (unpaired) electrons. The number of carbonyl (C=O) groups is 1. The SMILES string of the molecule is O=C([O-])[O-].O=[N+]([O-])[O-].[Li+].[Li+].[Na+]. The van der Waals surface area contributed by atoms with Crippen LogP contribution in [0.5, 0.6) is 0 Å². The van der Waals surface area contributed by atoms with Crippen molar-refractivity contribution in [1.82, 2.24) is 0 Å². The van der Waals surface area contributed by atoms with E-state index in [1.54, 1.807) is 0 Å². The summed E-state index contributed by atoms with van der Waals surface area (Å²) in [6, 6.07) is 0. The molecule has 0 rings (SSSR count). The molecule has 0 heterocycles. The van der Waals surface area contributed by atoms with Crippen LogP contribution in [0.2, 0.25) is 0 Å². The predicted molar refractivity (Wildman–Crippen MR) is 15.8 cm³/mol. The molecule has 7 nitrogen and oxygen atoms in total. The third-order valence-electron chi connectivity index (χ3n) is 0. The molecule has 0 N–H and O–H groups in total. The standard InChI is InChI=1S/CH2O3.2Li.NO3.Na/c2-1(3)4;;;2-1(3)4;/h(H2,2,3,4);;;;/q;2*+1;-1;+1/p-2. The number of hydrogen-bond donors (Lipinski definition) is 0. The average molecular weight is 159 g/mol. The molecule has 10 heteroatoms. The van der Waals surface area contributed by atoms with Crippen LogP contribution < -0.4 is 77.5 Å². The molecule has 0 spiro atoms. The van der Waals surface area contributed by atoms with E-state index in [0.717, 1.165) is 0 Å². The topological polar surface area (TPSA) is 129 Å². The minimum Gasteiger partial charge on any atom is -0.652 e. The molecular formula is CLi2NNaO6. The van der Waals surface area contributed by atoms with Crippen LogP contribution in [0.1, 0.15) is 0 Å². The quantitative estimate of drug-likeness (QED) is 0.196. The Morgan fingerprint density at radius 1 is 1.09 bits per heavy atom. The van der Waals surface area contributed by atoms with Crippen molar-refractivity contribution >= 4 is 6.16 Å². The molecule has 11 heavy (non-hydrogen) atoms. The number of carboxylic acid groups (broad SMARTS) is 2. The number of rotatable bonds is 0. The van der Waals surface area contributed by atoms with Gasteiger partial charge in [0.15, 0.2) is 0 Å². The van der Waals surface area contributed by atoms with E-state index in [-0.39, 0.29) is 67.3 Å². The maximum Gasteiger partial charge on any atom is 1.00 e. The molecule has 0 aliphatic rings. The summed E-state index contributed by atoms with van der Waals surface area (Å²) in [5.41, 5.74) is 0. The summed E-state index contributed by atoms with van der Waals surface area (Å²) in [7, 11) is 0. The zero-order valence-electron chi connectivity index (χ0n) is 6.40. The maximum atomic E-state index is 8.33. The second-order valence-corrected chi connectivity index (χ2v) is 0.474. The Bertz CT molecular complexity index is 78.6. The molecule has 48 valence electrons. The fraction of sp³-hybridized carbons (Fsp3) is 0. The molecule has 0 aromatic rings. The Morgan fingerprint density at radius 3 is 1.09 bits per heavy atom. The second-order valence-electron chi connectivity index (χ2n) is 0.474. The predicted octanol–water partition coefficient (Wildman–Crippen LogP) is -11.7. The molecule has 0 aliphatic carbocycles. The van der Waals surface area contributed by atoms with Gasteiger partial charge in [-0.05, 0) is 6.16 Å². The Morgan fingerprint density at radius 2 is 1.09 bits per heavy atom. The van der Waals surface area contributed by atoms with Crippen molar-refractivity contribution in [3.8, 4) is 0 Å². The molecule has 0 aromatic carbocycles. The van der Waals surface area contributed by atoms with Crippen LogP contribution in [0, 0.1) is 15.3 Å². The van der Waals surface area contributed by atoms with Gasteiger partial charge in [-0.2, -0.15) is 0 Å². The first-order valence-electron chi connectivity index (χ1n) is 1.16. The molecular weight excluding hydrogens is 159 g/mol. The van der Waals surface area contributed by atoms with E-state index in [4.69, 9.17) is 30.3 Å². The minimum absolute atomic E-state index is 0. The number of hydrogen-bond acceptors (Lipinski definition) is 6. The van der Waals surface area contributed by atoms with Gasteiger partial charge in [0.25, 0.3) is 0 Å². The van der Waals surface area contributed by atoms with Crippen molar-refractivity contribution < 1.29 is 87.4 Å². The van der Waals surface area contributed by atoms with Crippen molar-refractivity contribution in [3.05, 3.63) is 15.3 Å². The second kappa shape index (κ2) is 22.4. The van der Waals surface area contributed by atoms with Gasteiger partial charge in [-0.15, -0.1) is 0 Å². The summed E-state index contributed by atoms with van der Waals surface area (Å²) in [6.07, 6.45) is -2.33. The Balaban J connectivity index is -0.0000000171. The monoisotopic (exact) mass is 159 g/mol. The van der Waals surface area contributed by atoms with Gasteiger partial charge in [0.2, 0.25) is 0 Å². The summed E-state index contributed by atoms with van der Waals surface area (Å²) >= 11 is 0. The summed E-state index contributed by atoms with van der Waals surface area (Å²) in [4.78, 5) is 16.6. The van der Waals surface area contributed by atoms with Gasteiger partial charge in [-0.3, -0.25) is 0 Å². The van der Waals surface area contributed by atoms with Crippen LogP contribution in [0.25, 0.3) is 0 Å². The van der Waals surface area contributed by atoms with E-state index in [2.05, 4.69) is 0 Å². The van der Waals surface area contributed by atoms with Crippen LogP contribution in [0.3, 0.4) is 0 Å². The average Bonchev–Trinajstić information content (AvgIpc) is 1.25. The van der Waals surface area contributed by atoms with E-state index in [9.17, 15) is 0 Å². The first-order chi connectivity index (χ1) is 3.46. The van der Waals surface area contributed by atoms with Crippen molar-refractivity contribution in [2.75, 3.05) is 0 Å². The Hall–Kier alpha value is 0.665. The molecule has 0 saturated heterocycles. The summed E-state index contributed by atoms with van der Waals surface area (Å²) < 4.78 is 0. The van der Waals surface area contributed by atoms with Gasteiger partial charge in [0, 0.05) is 0 Å². The van der Waals surface area contributed by atoms with Gasteiger partial charge in [-0.1, -0.05) is 0 Å². The number of carbonyl (C=O) groups excluding carboxylic acids is 1. The Labute approximate surface area is 108 Å². The molecule has 0 unspecified atom stereocenters. The maximum absolute atomic E-state index is 8.33. The van der Waals surface area contributed by atoms with Gasteiger partial charge in [-0.25, -0.2) is 0 Å². The fourth-order valence-corrected chi connectivity index (χ4v) is 0. The molecule has 0 saturated carbocycles. The van der Waals surface area contributed by atoms with Crippen molar-refractivity contribution in [2.24, 2.45) is 0 Å². The van der Waals surface area contributed by atoms with Crippen LogP contribution in [-0.2, 0) is 0 Å². The first-order valence-corrected chi connectivity index (χ1v) is 1.16. The van der Waals surface area contributed by atoms with Gasteiger partial charge in [0.1, 0.15) is 0 Å². The summed E-state index contributed by atoms with van der Waals surface area (Å²) in [6.45, 7) is 0. The fourth-order valence-electron chi connectivity index (χ4n) is 0. The molecule has 0 fully saturated rings. The molecule has 0 amide bonds. The van der Waals surface area contributed by atoms with Crippen LogP contribution in [-0.4, -0.2) is 11.2 Å². The van der Waals surface area contributed by atoms with Gasteiger partial charge >= 0.3 is 67.3 Å². The van der Waals surface area contributed by atoms with Crippen molar-refractivity contribution in [3.63, 3.8) is 0 Å². The van der Waals surface area contributed by atoms with E-state index in [1.165, 1.54) is 0 Å². The van der Waals surface area contributed by atoms with Crippen LogP contribution >= 0.6 is 0 Å². The molecule has 0 atom stereocenters. The zero-order chi connectivity index (χ0) is 7.15. The van der Waals surface area contributed by atoms with E-state index >= 15 is 0 Å². The van der Waals surface area contributed by atoms with Gasteiger partial charge in [0.05, 0.1) is 5.09 Å². The van der Waals surface area contributed by atoms with Crippen LogP contribution in [0.4, 0.5) is 4.79 Å². The smallest absolute Gasteiger partial charge is 0.652 e. The molecule has 0 aromatic heterocycles. The van der Waals surface area contributed by atoms with E-state index in [0.29, 0.717) is 0 Å². The molecule has 0 bridgehead atoms. The molecule has 0 aliphatic heterocycles. The normalized spacial score (nSPS) is 4.36. The summed E-state index contributed by atoms with van der Waals surface area (Å²) in [5.74, 6) is 0. The summed E-state index contributed by atoms with van der Waals surface area (Å²) in [5, 5.41) is 31.4. The third-order valence-corrected chi connectivity index (χ3v) is 0. The first kappa shape index (κ1) is 29.9. The third kappa shape index (κ3) is 1810. The van der Waals surface area contributed by atoms with Gasteiger partial charge < -0.3 is 30.3 Å². The Kier molecular flexibility index (Phi) is 60.9. The minimum atomic E-state index is -2.33. The van der Waals surface area contributed by atoms with E-state index in [1.807, 2.05) is 0 Å². The zero-order valence-corrected chi connectivity index (χ0v) is 8.40. The van der Waals surface area contributed by atoms with E-state index < -0.39 is 11.2 Å².